The zero-order chi connectivity index (χ0) is 18.4. The molecule has 3 rings (SSSR count). The maximum atomic E-state index is 11.9. The van der Waals surface area contributed by atoms with Crippen LogP contribution in [0, 0.1) is 13.8 Å². The number of rotatable bonds is 6. The minimum Gasteiger partial charge on any atom is -0.489 e. The second-order valence-corrected chi connectivity index (χ2v) is 5.96. The van der Waals surface area contributed by atoms with Gasteiger partial charge in [0.25, 0.3) is 0 Å². The van der Waals surface area contributed by atoms with Crippen LogP contribution in [0.3, 0.4) is 0 Å². The van der Waals surface area contributed by atoms with Crippen molar-refractivity contribution in [2.24, 2.45) is 5.10 Å². The Balaban J connectivity index is 1.56. The van der Waals surface area contributed by atoms with Gasteiger partial charge in [0.15, 0.2) is 5.76 Å². The molecule has 0 saturated heterocycles. The maximum Gasteiger partial charge on any atom is 0.307 e. The van der Waals surface area contributed by atoms with E-state index in [1.54, 1.807) is 25.3 Å². The van der Waals surface area contributed by atoms with Crippen molar-refractivity contribution in [3.8, 4) is 5.75 Å². The molecule has 5 nitrogen and oxygen atoms in total. The van der Waals surface area contributed by atoms with Gasteiger partial charge in [0, 0.05) is 0 Å². The van der Waals surface area contributed by atoms with Gasteiger partial charge in [-0.1, -0.05) is 42.0 Å². The Morgan fingerprint density at radius 3 is 2.65 bits per heavy atom. The molecule has 0 atom stereocenters. The van der Waals surface area contributed by atoms with Gasteiger partial charge in [-0.15, -0.1) is 0 Å². The van der Waals surface area contributed by atoms with Crippen LogP contribution in [0.1, 0.15) is 33.0 Å². The molecule has 5 heteroatoms. The molecule has 1 N–H and O–H groups in total. The molecule has 1 amide bonds. The quantitative estimate of drug-likeness (QED) is 0.535. The SMILES string of the molecule is Cc1ccc(COc2cccc(/C=N\NC(=O)c3ccc(C)o3)c2)cc1. The van der Waals surface area contributed by atoms with Crippen LogP contribution in [-0.2, 0) is 6.61 Å². The molecule has 0 fully saturated rings. The second kappa shape index (κ2) is 8.16. The van der Waals surface area contributed by atoms with Gasteiger partial charge in [0.05, 0.1) is 6.21 Å². The molecule has 132 valence electrons. The highest BCUT2D eigenvalue weighted by atomic mass is 16.5. The first-order valence-corrected chi connectivity index (χ1v) is 8.28. The van der Waals surface area contributed by atoms with Crippen molar-refractivity contribution in [1.29, 1.82) is 0 Å². The second-order valence-electron chi connectivity index (χ2n) is 5.96. The number of carbonyl (C=O) groups is 1. The normalized spacial score (nSPS) is 10.8. The van der Waals surface area contributed by atoms with Gasteiger partial charge < -0.3 is 9.15 Å². The number of amides is 1. The van der Waals surface area contributed by atoms with E-state index < -0.39 is 0 Å². The summed E-state index contributed by atoms with van der Waals surface area (Å²) in [6.45, 7) is 4.33. The predicted molar refractivity (Wildman–Crippen MR) is 100 cm³/mol. The largest absolute Gasteiger partial charge is 0.489 e. The molecule has 1 aromatic heterocycles. The third-order valence-corrected chi connectivity index (χ3v) is 3.73. The Morgan fingerprint density at radius 1 is 1.12 bits per heavy atom. The highest BCUT2D eigenvalue weighted by Gasteiger charge is 2.08. The summed E-state index contributed by atoms with van der Waals surface area (Å²) in [5.74, 6) is 1.26. The van der Waals surface area contributed by atoms with E-state index in [0.717, 1.165) is 16.9 Å². The first-order valence-electron chi connectivity index (χ1n) is 8.28. The lowest BCUT2D eigenvalue weighted by Gasteiger charge is -2.07. The Morgan fingerprint density at radius 2 is 1.92 bits per heavy atom. The van der Waals surface area contributed by atoms with E-state index in [4.69, 9.17) is 9.15 Å². The van der Waals surface area contributed by atoms with E-state index >= 15 is 0 Å². The molecule has 0 aliphatic heterocycles. The van der Waals surface area contributed by atoms with Crippen LogP contribution in [0.2, 0.25) is 0 Å². The Labute approximate surface area is 152 Å². The van der Waals surface area contributed by atoms with E-state index in [-0.39, 0.29) is 11.7 Å². The minimum absolute atomic E-state index is 0.231. The molecule has 0 saturated carbocycles. The fourth-order valence-electron chi connectivity index (χ4n) is 2.31. The van der Waals surface area contributed by atoms with Crippen molar-refractivity contribution >= 4 is 12.1 Å². The number of aryl methyl sites for hydroxylation is 2. The molecule has 0 radical (unpaired) electrons. The van der Waals surface area contributed by atoms with Gasteiger partial charge in [-0.05, 0) is 49.2 Å². The number of furan rings is 1. The zero-order valence-electron chi connectivity index (χ0n) is 14.7. The first-order chi connectivity index (χ1) is 12.6. The number of nitrogens with zero attached hydrogens (tertiary/aromatic N) is 1. The highest BCUT2D eigenvalue weighted by Crippen LogP contribution is 2.14. The lowest BCUT2D eigenvalue weighted by Crippen LogP contribution is -2.16. The van der Waals surface area contributed by atoms with Crippen LogP contribution in [0.5, 0.6) is 5.75 Å². The molecule has 3 aromatic rings. The summed E-state index contributed by atoms with van der Waals surface area (Å²) >= 11 is 0. The van der Waals surface area contributed by atoms with Crippen molar-refractivity contribution < 1.29 is 13.9 Å². The molecule has 0 unspecified atom stereocenters. The van der Waals surface area contributed by atoms with Crippen molar-refractivity contribution in [2.75, 3.05) is 0 Å². The molecule has 0 spiro atoms. The summed E-state index contributed by atoms with van der Waals surface area (Å²) in [5, 5.41) is 3.96. The number of nitrogens with one attached hydrogen (secondary N) is 1. The fraction of sp³-hybridized carbons (Fsp3) is 0.143. The molecule has 0 aliphatic carbocycles. The maximum absolute atomic E-state index is 11.9. The van der Waals surface area contributed by atoms with Gasteiger partial charge in [0.2, 0.25) is 0 Å². The van der Waals surface area contributed by atoms with Crippen molar-refractivity contribution in [3.05, 3.63) is 88.9 Å². The first kappa shape index (κ1) is 17.5. The third-order valence-electron chi connectivity index (χ3n) is 3.73. The summed E-state index contributed by atoms with van der Waals surface area (Å²) < 4.78 is 11.1. The van der Waals surface area contributed by atoms with Crippen molar-refractivity contribution in [1.82, 2.24) is 5.43 Å². The summed E-state index contributed by atoms with van der Waals surface area (Å²) in [6, 6.07) is 19.1. The molecule has 0 bridgehead atoms. The van der Waals surface area contributed by atoms with Crippen LogP contribution in [0.15, 0.2) is 70.2 Å². The van der Waals surface area contributed by atoms with Gasteiger partial charge in [-0.25, -0.2) is 5.43 Å². The summed E-state index contributed by atoms with van der Waals surface area (Å²) in [7, 11) is 0. The molecular formula is C21H20N2O3. The van der Waals surface area contributed by atoms with Crippen LogP contribution in [0.25, 0.3) is 0 Å². The van der Waals surface area contributed by atoms with Crippen molar-refractivity contribution in [2.45, 2.75) is 20.5 Å². The Kier molecular flexibility index (Phi) is 5.49. The van der Waals surface area contributed by atoms with Crippen LogP contribution >= 0.6 is 0 Å². The fourth-order valence-corrected chi connectivity index (χ4v) is 2.31. The lowest BCUT2D eigenvalue weighted by atomic mass is 10.2. The van der Waals surface area contributed by atoms with E-state index in [2.05, 4.69) is 29.6 Å². The van der Waals surface area contributed by atoms with E-state index in [1.807, 2.05) is 36.4 Å². The third kappa shape index (κ3) is 4.83. The highest BCUT2D eigenvalue weighted by molar-refractivity contribution is 5.92. The standard InChI is InChI=1S/C21H20N2O3/c1-15-6-9-17(10-7-15)14-25-19-5-3-4-18(12-19)13-22-23-21(24)20-11-8-16(2)26-20/h3-13H,14H2,1-2H3,(H,23,24)/b22-13-. The van der Waals surface area contributed by atoms with Gasteiger partial charge in [-0.3, -0.25) is 4.79 Å². The van der Waals surface area contributed by atoms with Crippen molar-refractivity contribution in [3.63, 3.8) is 0 Å². The van der Waals surface area contributed by atoms with E-state index in [0.29, 0.717) is 12.4 Å². The molecule has 0 aliphatic rings. The molecular weight excluding hydrogens is 328 g/mol. The van der Waals surface area contributed by atoms with E-state index in [1.165, 1.54) is 5.56 Å². The average molecular weight is 348 g/mol. The summed E-state index contributed by atoms with van der Waals surface area (Å²) in [4.78, 5) is 11.9. The van der Waals surface area contributed by atoms with Crippen LogP contribution in [0.4, 0.5) is 0 Å². The summed E-state index contributed by atoms with van der Waals surface area (Å²) in [6.07, 6.45) is 1.56. The molecule has 2 aromatic carbocycles. The minimum atomic E-state index is -0.388. The predicted octanol–water partition coefficient (Wildman–Crippen LogP) is 4.24. The molecule has 1 heterocycles. The number of hydrogen-bond acceptors (Lipinski definition) is 4. The van der Waals surface area contributed by atoms with Gasteiger partial charge >= 0.3 is 5.91 Å². The Bertz CT molecular complexity index is 911. The van der Waals surface area contributed by atoms with Gasteiger partial charge in [0.1, 0.15) is 18.1 Å². The molecule has 26 heavy (non-hydrogen) atoms. The summed E-state index contributed by atoms with van der Waals surface area (Å²) in [5.41, 5.74) is 5.59. The topological polar surface area (TPSA) is 63.8 Å². The van der Waals surface area contributed by atoms with Crippen LogP contribution in [-0.4, -0.2) is 12.1 Å². The number of hydrazone groups is 1. The number of hydrogen-bond donors (Lipinski definition) is 1. The van der Waals surface area contributed by atoms with E-state index in [9.17, 15) is 4.79 Å². The number of ether oxygens (including phenoxy) is 1. The van der Waals surface area contributed by atoms with Crippen LogP contribution < -0.4 is 10.2 Å². The smallest absolute Gasteiger partial charge is 0.307 e. The average Bonchev–Trinajstić information content (AvgIpc) is 3.08. The Hall–Kier alpha value is -3.34. The van der Waals surface area contributed by atoms with Gasteiger partial charge in [-0.2, -0.15) is 5.10 Å². The number of benzene rings is 2. The zero-order valence-corrected chi connectivity index (χ0v) is 14.7. The monoisotopic (exact) mass is 348 g/mol. The lowest BCUT2D eigenvalue weighted by molar-refractivity contribution is 0.0926. The number of carbonyl (C=O) groups excluding carboxylic acids is 1.